The van der Waals surface area contributed by atoms with Crippen molar-refractivity contribution in [2.45, 2.75) is 85.5 Å². The van der Waals surface area contributed by atoms with Crippen LogP contribution in [0.15, 0.2) is 78.9 Å². The van der Waals surface area contributed by atoms with Gasteiger partial charge in [0.05, 0.1) is 0 Å². The third-order valence-electron chi connectivity index (χ3n) is 3.96. The zero-order valence-electron chi connectivity index (χ0n) is 19.7. The van der Waals surface area contributed by atoms with Gasteiger partial charge in [-0.2, -0.15) is 0 Å². The number of hydrogen-bond donors (Lipinski definition) is 1. The Hall–Kier alpha value is -2.35. The number of hydrogen-bond acceptors (Lipinski definition) is 1. The second-order valence-electron chi connectivity index (χ2n) is 6.98. The standard InChI is InChI=1S/C16H24O2.C7H8.C5H12/c1-2-3-4-5-6-7-8-9-10-11-12-13-14-15-16(17)18;1-7-5-3-2-4-6-7;1-3-5-4-2/h2-3,5-6,8-9,11-12H,4,7,10,13-15H2,1H3,(H,17,18);2-6H,1H3;3-5H2,1-2H3/b3-2-,6-5-,9-8-,12-11-;;. The van der Waals surface area contributed by atoms with Gasteiger partial charge in [0.1, 0.15) is 0 Å². The zero-order chi connectivity index (χ0) is 22.7. The van der Waals surface area contributed by atoms with Crippen LogP contribution in [0.25, 0.3) is 0 Å². The van der Waals surface area contributed by atoms with Crippen LogP contribution in [0.5, 0.6) is 0 Å². The quantitative estimate of drug-likeness (QED) is 0.275. The highest BCUT2D eigenvalue weighted by molar-refractivity contribution is 5.66. The molecule has 0 radical (unpaired) electrons. The van der Waals surface area contributed by atoms with E-state index in [1.807, 2.05) is 25.1 Å². The Labute approximate surface area is 186 Å². The fourth-order valence-electron chi connectivity index (χ4n) is 2.23. The van der Waals surface area contributed by atoms with Gasteiger partial charge < -0.3 is 5.11 Å². The molecule has 0 saturated heterocycles. The molecule has 0 fully saturated rings. The molecule has 2 heteroatoms. The van der Waals surface area contributed by atoms with Gasteiger partial charge in [0, 0.05) is 6.42 Å². The summed E-state index contributed by atoms with van der Waals surface area (Å²) in [4.78, 5) is 10.3. The molecule has 1 N–H and O–H groups in total. The molecule has 1 rings (SSSR count). The molecule has 0 atom stereocenters. The van der Waals surface area contributed by atoms with E-state index >= 15 is 0 Å². The third kappa shape index (κ3) is 30.4. The van der Waals surface area contributed by atoms with Crippen molar-refractivity contribution < 1.29 is 9.90 Å². The number of benzene rings is 1. The van der Waals surface area contributed by atoms with Crippen LogP contribution >= 0.6 is 0 Å². The second kappa shape index (κ2) is 26.6. The van der Waals surface area contributed by atoms with Gasteiger partial charge in [0.25, 0.3) is 0 Å². The van der Waals surface area contributed by atoms with Gasteiger partial charge in [-0.3, -0.25) is 4.79 Å². The Morgan fingerprint density at radius 1 is 0.800 bits per heavy atom. The van der Waals surface area contributed by atoms with Crippen LogP contribution in [-0.2, 0) is 4.79 Å². The number of aryl methyl sites for hydroxylation is 1. The minimum Gasteiger partial charge on any atom is -0.481 e. The van der Waals surface area contributed by atoms with Gasteiger partial charge in [-0.15, -0.1) is 0 Å². The van der Waals surface area contributed by atoms with E-state index in [0.29, 0.717) is 0 Å². The lowest BCUT2D eigenvalue weighted by Crippen LogP contribution is -1.92. The number of aliphatic carboxylic acids is 1. The number of carboxylic acids is 1. The molecule has 2 nitrogen and oxygen atoms in total. The highest BCUT2D eigenvalue weighted by Gasteiger charge is 1.92. The molecule has 0 heterocycles. The monoisotopic (exact) mass is 412 g/mol. The number of allylic oxidation sites excluding steroid dienone is 8. The molecule has 1 aromatic rings. The summed E-state index contributed by atoms with van der Waals surface area (Å²) in [6, 6.07) is 10.3. The third-order valence-corrected chi connectivity index (χ3v) is 3.96. The number of unbranched alkanes of at least 4 members (excludes halogenated alkanes) is 3. The maximum atomic E-state index is 10.3. The molecule has 1 aromatic carbocycles. The summed E-state index contributed by atoms with van der Waals surface area (Å²) in [7, 11) is 0. The largest absolute Gasteiger partial charge is 0.481 e. The molecule has 0 amide bonds. The van der Waals surface area contributed by atoms with Crippen LogP contribution in [0.3, 0.4) is 0 Å². The van der Waals surface area contributed by atoms with Crippen molar-refractivity contribution in [3.8, 4) is 0 Å². The normalized spacial score (nSPS) is 10.9. The first-order valence-electron chi connectivity index (χ1n) is 11.4. The van der Waals surface area contributed by atoms with Crippen molar-refractivity contribution in [3.63, 3.8) is 0 Å². The van der Waals surface area contributed by atoms with Crippen molar-refractivity contribution in [1.29, 1.82) is 0 Å². The predicted molar refractivity (Wildman–Crippen MR) is 134 cm³/mol. The van der Waals surface area contributed by atoms with E-state index in [1.54, 1.807) is 0 Å². The number of carbonyl (C=O) groups is 1. The second-order valence-corrected chi connectivity index (χ2v) is 6.98. The zero-order valence-corrected chi connectivity index (χ0v) is 19.7. The van der Waals surface area contributed by atoms with Gasteiger partial charge in [0.15, 0.2) is 0 Å². The smallest absolute Gasteiger partial charge is 0.303 e. The minimum absolute atomic E-state index is 0.261. The molecule has 0 aliphatic carbocycles. The summed E-state index contributed by atoms with van der Waals surface area (Å²) in [5.74, 6) is -0.715. The van der Waals surface area contributed by atoms with E-state index in [-0.39, 0.29) is 6.42 Å². The van der Waals surface area contributed by atoms with Crippen LogP contribution in [0.1, 0.15) is 84.1 Å². The first-order chi connectivity index (χ1) is 14.6. The van der Waals surface area contributed by atoms with Gasteiger partial charge in [0.2, 0.25) is 0 Å². The van der Waals surface area contributed by atoms with Crippen molar-refractivity contribution >= 4 is 5.97 Å². The summed E-state index contributed by atoms with van der Waals surface area (Å²) in [5.41, 5.74) is 1.32. The molecule has 0 aromatic heterocycles. The highest BCUT2D eigenvalue weighted by atomic mass is 16.4. The summed E-state index contributed by atoms with van der Waals surface area (Å²) in [5, 5.41) is 8.44. The molecule has 0 saturated carbocycles. The predicted octanol–water partition coefficient (Wildman–Crippen LogP) is 8.85. The van der Waals surface area contributed by atoms with Crippen LogP contribution in [0.2, 0.25) is 0 Å². The number of carboxylic acid groups (broad SMARTS) is 1. The first kappa shape index (κ1) is 29.8. The average molecular weight is 413 g/mol. The van der Waals surface area contributed by atoms with Crippen LogP contribution in [0.4, 0.5) is 0 Å². The van der Waals surface area contributed by atoms with Crippen molar-refractivity contribution in [1.82, 2.24) is 0 Å². The maximum Gasteiger partial charge on any atom is 0.303 e. The summed E-state index contributed by atoms with van der Waals surface area (Å²) in [6.07, 6.45) is 25.7. The molecule has 168 valence electrons. The van der Waals surface area contributed by atoms with E-state index in [0.717, 1.165) is 32.1 Å². The molecule has 0 spiro atoms. The topological polar surface area (TPSA) is 37.3 Å². The van der Waals surface area contributed by atoms with Gasteiger partial charge in [-0.1, -0.05) is 118 Å². The van der Waals surface area contributed by atoms with Crippen LogP contribution in [-0.4, -0.2) is 11.1 Å². The van der Waals surface area contributed by atoms with Gasteiger partial charge in [-0.25, -0.2) is 0 Å². The molecule has 30 heavy (non-hydrogen) atoms. The average Bonchev–Trinajstić information content (AvgIpc) is 2.73. The lowest BCUT2D eigenvalue weighted by molar-refractivity contribution is -0.137. The Morgan fingerprint density at radius 2 is 1.30 bits per heavy atom. The Balaban J connectivity index is 0. The Kier molecular flexibility index (Phi) is 26.5. The maximum absolute atomic E-state index is 10.3. The summed E-state index contributed by atoms with van der Waals surface area (Å²) < 4.78 is 0. The van der Waals surface area contributed by atoms with E-state index in [1.165, 1.54) is 24.8 Å². The van der Waals surface area contributed by atoms with E-state index in [2.05, 4.69) is 81.5 Å². The molecule has 0 aliphatic rings. The molecule has 0 aliphatic heterocycles. The SMILES string of the molecule is C/C=C\C/C=C\C/C=C\C/C=C\CCCC(=O)O.CCCCC.Cc1ccccc1. The first-order valence-corrected chi connectivity index (χ1v) is 11.4. The van der Waals surface area contributed by atoms with Gasteiger partial charge in [-0.05, 0) is 46.0 Å². The number of rotatable bonds is 12. The van der Waals surface area contributed by atoms with Crippen molar-refractivity contribution in [2.24, 2.45) is 0 Å². The summed E-state index contributed by atoms with van der Waals surface area (Å²) >= 11 is 0. The minimum atomic E-state index is -0.715. The molecule has 0 bridgehead atoms. The lowest BCUT2D eigenvalue weighted by atomic mass is 10.2. The van der Waals surface area contributed by atoms with E-state index in [4.69, 9.17) is 5.11 Å². The summed E-state index contributed by atoms with van der Waals surface area (Å²) in [6.45, 7) is 8.53. The van der Waals surface area contributed by atoms with Crippen LogP contribution < -0.4 is 0 Å². The van der Waals surface area contributed by atoms with Gasteiger partial charge >= 0.3 is 5.97 Å². The highest BCUT2D eigenvalue weighted by Crippen LogP contribution is 1.99. The molecular weight excluding hydrogens is 368 g/mol. The van der Waals surface area contributed by atoms with E-state index in [9.17, 15) is 4.79 Å². The van der Waals surface area contributed by atoms with Crippen molar-refractivity contribution in [3.05, 3.63) is 84.5 Å². The molecular formula is C28H44O2. The Bertz CT molecular complexity index is 578. The lowest BCUT2D eigenvalue weighted by Gasteiger charge is -1.89. The van der Waals surface area contributed by atoms with E-state index < -0.39 is 5.97 Å². The Morgan fingerprint density at radius 3 is 1.67 bits per heavy atom. The fourth-order valence-corrected chi connectivity index (χ4v) is 2.23. The van der Waals surface area contributed by atoms with Crippen LogP contribution in [0, 0.1) is 6.92 Å². The molecule has 0 unspecified atom stereocenters. The van der Waals surface area contributed by atoms with Crippen molar-refractivity contribution in [2.75, 3.05) is 0 Å². The fraction of sp³-hybridized carbons (Fsp3) is 0.464.